The Balaban J connectivity index is 2.90. The summed E-state index contributed by atoms with van der Waals surface area (Å²) in [6.07, 6.45) is -1.03. The van der Waals surface area contributed by atoms with Crippen molar-refractivity contribution in [3.63, 3.8) is 0 Å². The van der Waals surface area contributed by atoms with E-state index in [0.29, 0.717) is 16.9 Å². The highest BCUT2D eigenvalue weighted by Gasteiger charge is 2.26. The van der Waals surface area contributed by atoms with Gasteiger partial charge in [0.05, 0.1) is 25.2 Å². The molecule has 0 aliphatic heterocycles. The summed E-state index contributed by atoms with van der Waals surface area (Å²) < 4.78 is 5.14. The van der Waals surface area contributed by atoms with Crippen LogP contribution in [0.4, 0.5) is 0 Å². The first-order valence-corrected chi connectivity index (χ1v) is 6.99. The number of hydrogen-bond donors (Lipinski definition) is 4. The monoisotopic (exact) mass is 316 g/mol. The van der Waals surface area contributed by atoms with Gasteiger partial charge in [-0.3, -0.25) is 0 Å². The maximum atomic E-state index is 9.84. The normalized spacial score (nSPS) is 17.5. The number of methoxy groups -OCH3 is 1. The molecule has 4 atom stereocenters. The Bertz CT molecular complexity index is 475. The van der Waals surface area contributed by atoms with Gasteiger partial charge >= 0.3 is 0 Å². The van der Waals surface area contributed by atoms with Crippen LogP contribution in [0, 0.1) is 0 Å². The summed E-state index contributed by atoms with van der Waals surface area (Å²) in [6, 6.07) is 5.20. The maximum absolute atomic E-state index is 9.84. The third kappa shape index (κ3) is 4.69. The molecule has 0 amide bonds. The zero-order valence-electron chi connectivity index (χ0n) is 12.0. The molecule has 0 spiro atoms. The summed E-state index contributed by atoms with van der Waals surface area (Å²) in [7, 11) is 1.50. The quantitative estimate of drug-likeness (QED) is 0.561. The molecule has 4 N–H and O–H groups in total. The van der Waals surface area contributed by atoms with Crippen LogP contribution in [0.3, 0.4) is 0 Å². The van der Waals surface area contributed by atoms with Gasteiger partial charge in [0.15, 0.2) is 0 Å². The van der Waals surface area contributed by atoms with Crippen LogP contribution in [0.2, 0.25) is 0 Å². The van der Waals surface area contributed by atoms with Gasteiger partial charge in [0.2, 0.25) is 0 Å². The molecule has 0 bridgehead atoms. The van der Waals surface area contributed by atoms with Crippen LogP contribution in [0.5, 0.6) is 5.75 Å². The van der Waals surface area contributed by atoms with E-state index in [1.165, 1.54) is 20.1 Å². The molecule has 0 aliphatic rings. The Morgan fingerprint density at radius 3 is 2.43 bits per heavy atom. The molecule has 21 heavy (non-hydrogen) atoms. The zero-order chi connectivity index (χ0) is 16.0. The van der Waals surface area contributed by atoms with Gasteiger partial charge < -0.3 is 25.2 Å². The SMILES string of the molecule is COc1cccc(C=CC(O)C(O)C(O)C(C)Cl)c1CO. The van der Waals surface area contributed by atoms with Crippen molar-refractivity contribution in [3.05, 3.63) is 35.4 Å². The molecule has 1 rings (SSSR count). The third-order valence-electron chi connectivity index (χ3n) is 3.19. The average Bonchev–Trinajstić information content (AvgIpc) is 2.50. The molecule has 6 heteroatoms. The van der Waals surface area contributed by atoms with Crippen molar-refractivity contribution in [1.82, 2.24) is 0 Å². The van der Waals surface area contributed by atoms with Gasteiger partial charge in [-0.15, -0.1) is 11.6 Å². The number of ether oxygens (including phenoxy) is 1. The molecule has 0 saturated carbocycles. The molecule has 0 saturated heterocycles. The summed E-state index contributed by atoms with van der Waals surface area (Å²) in [5.74, 6) is 0.532. The number of aliphatic hydroxyl groups is 4. The number of halogens is 1. The van der Waals surface area contributed by atoms with Crippen molar-refractivity contribution >= 4 is 17.7 Å². The van der Waals surface area contributed by atoms with Gasteiger partial charge in [0.25, 0.3) is 0 Å². The highest BCUT2D eigenvalue weighted by molar-refractivity contribution is 6.20. The first-order valence-electron chi connectivity index (χ1n) is 6.55. The summed E-state index contributed by atoms with van der Waals surface area (Å²) in [5, 5.41) is 37.9. The van der Waals surface area contributed by atoms with Crippen LogP contribution in [0.1, 0.15) is 18.1 Å². The van der Waals surface area contributed by atoms with E-state index in [9.17, 15) is 20.4 Å². The summed E-state index contributed by atoms with van der Waals surface area (Å²) in [5.41, 5.74) is 1.22. The number of hydrogen-bond acceptors (Lipinski definition) is 5. The Morgan fingerprint density at radius 2 is 1.90 bits per heavy atom. The minimum Gasteiger partial charge on any atom is -0.496 e. The zero-order valence-corrected chi connectivity index (χ0v) is 12.7. The van der Waals surface area contributed by atoms with Crippen molar-refractivity contribution < 1.29 is 25.2 Å². The maximum Gasteiger partial charge on any atom is 0.124 e. The van der Waals surface area contributed by atoms with Crippen LogP contribution in [-0.2, 0) is 6.61 Å². The fourth-order valence-electron chi connectivity index (χ4n) is 1.89. The summed E-state index contributed by atoms with van der Waals surface area (Å²) in [4.78, 5) is 0. The topological polar surface area (TPSA) is 90.2 Å². The molecule has 1 aromatic rings. The number of aliphatic hydroxyl groups excluding tert-OH is 4. The molecular formula is C15H21ClO5. The van der Waals surface area contributed by atoms with E-state index >= 15 is 0 Å². The van der Waals surface area contributed by atoms with Gasteiger partial charge in [-0.1, -0.05) is 24.3 Å². The molecule has 5 nitrogen and oxygen atoms in total. The van der Waals surface area contributed by atoms with Crippen molar-refractivity contribution in [2.75, 3.05) is 7.11 Å². The Labute approximate surface area is 129 Å². The number of benzene rings is 1. The molecule has 0 aromatic heterocycles. The van der Waals surface area contributed by atoms with E-state index in [2.05, 4.69) is 0 Å². The Morgan fingerprint density at radius 1 is 1.24 bits per heavy atom. The van der Waals surface area contributed by atoms with Gasteiger partial charge in [-0.05, 0) is 18.6 Å². The van der Waals surface area contributed by atoms with Crippen LogP contribution >= 0.6 is 11.6 Å². The lowest BCUT2D eigenvalue weighted by Gasteiger charge is -2.22. The largest absolute Gasteiger partial charge is 0.496 e. The smallest absolute Gasteiger partial charge is 0.124 e. The van der Waals surface area contributed by atoms with Gasteiger partial charge in [0.1, 0.15) is 18.0 Å². The molecule has 0 heterocycles. The second-order valence-electron chi connectivity index (χ2n) is 4.69. The molecule has 0 aliphatic carbocycles. The van der Waals surface area contributed by atoms with Crippen LogP contribution in [-0.4, -0.2) is 51.2 Å². The molecule has 0 radical (unpaired) electrons. The first kappa shape index (κ1) is 17.9. The summed E-state index contributed by atoms with van der Waals surface area (Å²) in [6.45, 7) is 1.31. The average molecular weight is 317 g/mol. The van der Waals surface area contributed by atoms with Crippen molar-refractivity contribution in [2.24, 2.45) is 0 Å². The Kier molecular flexibility index (Phi) is 7.14. The third-order valence-corrected chi connectivity index (χ3v) is 3.45. The Hall–Kier alpha value is -1.11. The van der Waals surface area contributed by atoms with Gasteiger partial charge in [-0.25, -0.2) is 0 Å². The van der Waals surface area contributed by atoms with Crippen LogP contribution < -0.4 is 4.74 Å². The standard InChI is InChI=1S/C15H21ClO5/c1-9(16)14(19)15(20)12(18)7-6-10-4-3-5-13(21-2)11(10)8-17/h3-7,9,12,14-15,17-20H,8H2,1-2H3. The minimum atomic E-state index is -1.39. The number of rotatable bonds is 7. The van der Waals surface area contributed by atoms with Crippen molar-refractivity contribution in [3.8, 4) is 5.75 Å². The number of alkyl halides is 1. The van der Waals surface area contributed by atoms with E-state index in [-0.39, 0.29) is 6.61 Å². The second kappa shape index (κ2) is 8.36. The lowest BCUT2D eigenvalue weighted by molar-refractivity contribution is -0.0401. The molecule has 118 valence electrons. The fourth-order valence-corrected chi connectivity index (χ4v) is 2.04. The molecular weight excluding hydrogens is 296 g/mol. The van der Waals surface area contributed by atoms with E-state index in [1.54, 1.807) is 24.3 Å². The molecule has 0 fully saturated rings. The lowest BCUT2D eigenvalue weighted by Crippen LogP contribution is -2.40. The van der Waals surface area contributed by atoms with Crippen LogP contribution in [0.25, 0.3) is 6.08 Å². The van der Waals surface area contributed by atoms with Gasteiger partial charge in [0, 0.05) is 5.56 Å². The van der Waals surface area contributed by atoms with E-state index < -0.39 is 23.7 Å². The highest BCUT2D eigenvalue weighted by Crippen LogP contribution is 2.23. The minimum absolute atomic E-state index is 0.219. The van der Waals surface area contributed by atoms with Crippen molar-refractivity contribution in [1.29, 1.82) is 0 Å². The highest BCUT2D eigenvalue weighted by atomic mass is 35.5. The fraction of sp³-hybridized carbons (Fsp3) is 0.467. The van der Waals surface area contributed by atoms with E-state index in [1.807, 2.05) is 0 Å². The van der Waals surface area contributed by atoms with E-state index in [0.717, 1.165) is 0 Å². The molecule has 1 aromatic carbocycles. The molecule has 4 unspecified atom stereocenters. The second-order valence-corrected chi connectivity index (χ2v) is 5.38. The van der Waals surface area contributed by atoms with Gasteiger partial charge in [-0.2, -0.15) is 0 Å². The summed E-state index contributed by atoms with van der Waals surface area (Å²) >= 11 is 5.68. The predicted molar refractivity (Wildman–Crippen MR) is 81.3 cm³/mol. The lowest BCUT2D eigenvalue weighted by atomic mass is 10.0. The van der Waals surface area contributed by atoms with Crippen LogP contribution in [0.15, 0.2) is 24.3 Å². The first-order chi connectivity index (χ1) is 9.92. The van der Waals surface area contributed by atoms with E-state index in [4.69, 9.17) is 16.3 Å². The predicted octanol–water partition coefficient (Wildman–Crippen LogP) is 0.911. The van der Waals surface area contributed by atoms with Crippen molar-refractivity contribution in [2.45, 2.75) is 37.2 Å².